The predicted molar refractivity (Wildman–Crippen MR) is 76.2 cm³/mol. The first-order valence-corrected chi connectivity index (χ1v) is 6.71. The number of ether oxygens (including phenoxy) is 1. The number of fused-ring (bicyclic) bond motifs is 1. The molecular formula is C15H22N2O2. The van der Waals surface area contributed by atoms with Crippen molar-refractivity contribution in [1.82, 2.24) is 5.32 Å². The van der Waals surface area contributed by atoms with E-state index in [0.29, 0.717) is 12.5 Å². The summed E-state index contributed by atoms with van der Waals surface area (Å²) in [4.78, 5) is 11.6. The maximum Gasteiger partial charge on any atom is 0.407 e. The van der Waals surface area contributed by atoms with E-state index in [9.17, 15) is 4.79 Å². The van der Waals surface area contributed by atoms with E-state index in [2.05, 4.69) is 11.4 Å². The van der Waals surface area contributed by atoms with Gasteiger partial charge in [-0.25, -0.2) is 4.79 Å². The summed E-state index contributed by atoms with van der Waals surface area (Å²) >= 11 is 0. The minimum Gasteiger partial charge on any atom is -0.444 e. The highest BCUT2D eigenvalue weighted by atomic mass is 16.6. The summed E-state index contributed by atoms with van der Waals surface area (Å²) in [7, 11) is 0. The predicted octanol–water partition coefficient (Wildman–Crippen LogP) is 2.82. The lowest BCUT2D eigenvalue weighted by atomic mass is 9.99. The van der Waals surface area contributed by atoms with Crippen molar-refractivity contribution in [2.75, 3.05) is 12.3 Å². The van der Waals surface area contributed by atoms with E-state index in [1.54, 1.807) is 0 Å². The molecule has 4 heteroatoms. The number of aryl methyl sites for hydroxylation is 1. The molecule has 104 valence electrons. The van der Waals surface area contributed by atoms with Gasteiger partial charge in [0.1, 0.15) is 5.60 Å². The van der Waals surface area contributed by atoms with E-state index in [0.717, 1.165) is 18.5 Å². The van der Waals surface area contributed by atoms with Crippen LogP contribution in [0.3, 0.4) is 0 Å². The Kier molecular flexibility index (Phi) is 3.69. The third-order valence-corrected chi connectivity index (χ3v) is 3.29. The zero-order valence-electron chi connectivity index (χ0n) is 11.8. The van der Waals surface area contributed by atoms with Crippen molar-refractivity contribution in [3.05, 3.63) is 29.3 Å². The molecule has 1 atom stereocenters. The van der Waals surface area contributed by atoms with Crippen molar-refractivity contribution in [3.8, 4) is 0 Å². The van der Waals surface area contributed by atoms with Gasteiger partial charge in [0.25, 0.3) is 0 Å². The van der Waals surface area contributed by atoms with Crippen molar-refractivity contribution in [2.45, 2.75) is 45.1 Å². The van der Waals surface area contributed by atoms with Gasteiger partial charge in [-0.1, -0.05) is 12.1 Å². The number of benzene rings is 1. The summed E-state index contributed by atoms with van der Waals surface area (Å²) in [6, 6.07) is 6.02. The Morgan fingerprint density at radius 2 is 2.21 bits per heavy atom. The molecule has 0 saturated carbocycles. The van der Waals surface area contributed by atoms with Crippen LogP contribution in [-0.2, 0) is 11.2 Å². The lowest BCUT2D eigenvalue weighted by Crippen LogP contribution is -2.34. The zero-order chi connectivity index (χ0) is 14.0. The minimum absolute atomic E-state index is 0.295. The first-order valence-electron chi connectivity index (χ1n) is 6.71. The molecule has 0 fully saturated rings. The van der Waals surface area contributed by atoms with Gasteiger partial charge in [-0.05, 0) is 50.8 Å². The van der Waals surface area contributed by atoms with Crippen LogP contribution < -0.4 is 11.1 Å². The quantitative estimate of drug-likeness (QED) is 0.805. The van der Waals surface area contributed by atoms with Crippen LogP contribution in [0, 0.1) is 0 Å². The Labute approximate surface area is 114 Å². The molecule has 0 spiro atoms. The third-order valence-electron chi connectivity index (χ3n) is 3.29. The summed E-state index contributed by atoms with van der Waals surface area (Å²) in [5.74, 6) is 0.295. The van der Waals surface area contributed by atoms with Crippen LogP contribution in [0.4, 0.5) is 10.5 Å². The topological polar surface area (TPSA) is 64.3 Å². The van der Waals surface area contributed by atoms with Crippen LogP contribution in [0.2, 0.25) is 0 Å². The number of nitrogens with one attached hydrogen (secondary N) is 1. The Morgan fingerprint density at radius 3 is 2.89 bits per heavy atom. The summed E-state index contributed by atoms with van der Waals surface area (Å²) < 4.78 is 5.23. The van der Waals surface area contributed by atoms with Crippen LogP contribution >= 0.6 is 0 Å². The molecule has 1 unspecified atom stereocenters. The van der Waals surface area contributed by atoms with Gasteiger partial charge in [-0.3, -0.25) is 0 Å². The van der Waals surface area contributed by atoms with Gasteiger partial charge in [0, 0.05) is 18.2 Å². The van der Waals surface area contributed by atoms with Gasteiger partial charge < -0.3 is 15.8 Å². The highest BCUT2D eigenvalue weighted by Crippen LogP contribution is 2.36. The van der Waals surface area contributed by atoms with E-state index < -0.39 is 5.60 Å². The molecular weight excluding hydrogens is 240 g/mol. The highest BCUT2D eigenvalue weighted by molar-refractivity contribution is 5.68. The molecule has 0 radical (unpaired) electrons. The van der Waals surface area contributed by atoms with Gasteiger partial charge in [0.2, 0.25) is 0 Å². The molecule has 0 aromatic heterocycles. The average Bonchev–Trinajstić information content (AvgIpc) is 2.69. The summed E-state index contributed by atoms with van der Waals surface area (Å²) in [6.45, 7) is 6.15. The summed E-state index contributed by atoms with van der Waals surface area (Å²) in [6.07, 6.45) is 1.69. The second-order valence-corrected chi connectivity index (χ2v) is 6.04. The van der Waals surface area contributed by atoms with Crippen molar-refractivity contribution >= 4 is 11.8 Å². The molecule has 2 rings (SSSR count). The molecule has 0 saturated heterocycles. The van der Waals surface area contributed by atoms with Crippen molar-refractivity contribution in [1.29, 1.82) is 0 Å². The number of alkyl carbamates (subject to hydrolysis) is 1. The van der Waals surface area contributed by atoms with Gasteiger partial charge in [0.15, 0.2) is 0 Å². The molecule has 1 aromatic rings. The van der Waals surface area contributed by atoms with Crippen LogP contribution in [0.1, 0.15) is 44.2 Å². The Hall–Kier alpha value is -1.71. The molecule has 1 aliphatic carbocycles. The van der Waals surface area contributed by atoms with Crippen LogP contribution in [0.25, 0.3) is 0 Å². The summed E-state index contributed by atoms with van der Waals surface area (Å²) in [5.41, 5.74) is 8.88. The number of carbonyl (C=O) groups is 1. The lowest BCUT2D eigenvalue weighted by Gasteiger charge is -2.21. The first-order chi connectivity index (χ1) is 8.87. The van der Waals surface area contributed by atoms with E-state index in [-0.39, 0.29) is 6.09 Å². The Morgan fingerprint density at radius 1 is 1.47 bits per heavy atom. The number of hydrogen-bond donors (Lipinski definition) is 2. The highest BCUT2D eigenvalue weighted by Gasteiger charge is 2.25. The smallest absolute Gasteiger partial charge is 0.407 e. The molecule has 3 N–H and O–H groups in total. The molecule has 1 aliphatic rings. The van der Waals surface area contributed by atoms with E-state index in [1.807, 2.05) is 32.9 Å². The molecule has 1 aromatic carbocycles. The van der Waals surface area contributed by atoms with Crippen molar-refractivity contribution in [2.24, 2.45) is 0 Å². The molecule has 0 aliphatic heterocycles. The van der Waals surface area contributed by atoms with E-state index >= 15 is 0 Å². The maximum absolute atomic E-state index is 11.6. The first kappa shape index (κ1) is 13.7. The second-order valence-electron chi connectivity index (χ2n) is 6.04. The van der Waals surface area contributed by atoms with Crippen molar-refractivity contribution < 1.29 is 9.53 Å². The van der Waals surface area contributed by atoms with Crippen LogP contribution in [0.15, 0.2) is 18.2 Å². The molecule has 1 amide bonds. The minimum atomic E-state index is -0.462. The largest absolute Gasteiger partial charge is 0.444 e. The van der Waals surface area contributed by atoms with Gasteiger partial charge in [0.05, 0.1) is 0 Å². The fraction of sp³-hybridized carbons (Fsp3) is 0.533. The number of hydrogen-bond acceptors (Lipinski definition) is 3. The fourth-order valence-corrected chi connectivity index (χ4v) is 2.55. The molecule has 19 heavy (non-hydrogen) atoms. The number of nitrogen functional groups attached to an aromatic ring is 1. The Balaban J connectivity index is 1.95. The van der Waals surface area contributed by atoms with Gasteiger partial charge >= 0.3 is 6.09 Å². The van der Waals surface area contributed by atoms with Crippen LogP contribution in [0.5, 0.6) is 0 Å². The van der Waals surface area contributed by atoms with E-state index in [4.69, 9.17) is 10.5 Å². The third kappa shape index (κ3) is 3.40. The second kappa shape index (κ2) is 5.11. The van der Waals surface area contributed by atoms with Gasteiger partial charge in [-0.2, -0.15) is 0 Å². The average molecular weight is 262 g/mol. The number of rotatable bonds is 2. The number of carbonyl (C=O) groups excluding carboxylic acids is 1. The van der Waals surface area contributed by atoms with E-state index in [1.165, 1.54) is 11.1 Å². The zero-order valence-corrected chi connectivity index (χ0v) is 11.8. The Bertz CT molecular complexity index is 478. The fourth-order valence-electron chi connectivity index (χ4n) is 2.55. The normalized spacial score (nSPS) is 17.9. The lowest BCUT2D eigenvalue weighted by molar-refractivity contribution is 0.0524. The standard InChI is InChI=1S/C15H22N2O2/c1-15(2,3)19-14(18)17-9-11-8-7-10-5-4-6-12(16)13(10)11/h4-6,11H,7-9,16H2,1-3H3,(H,17,18). The maximum atomic E-state index is 11.6. The van der Waals surface area contributed by atoms with Crippen molar-refractivity contribution in [3.63, 3.8) is 0 Å². The molecule has 0 heterocycles. The number of nitrogens with two attached hydrogens (primary N) is 1. The molecule has 0 bridgehead atoms. The number of amides is 1. The summed E-state index contributed by atoms with van der Waals surface area (Å²) in [5, 5.41) is 2.83. The van der Waals surface area contributed by atoms with Gasteiger partial charge in [-0.15, -0.1) is 0 Å². The number of anilines is 1. The van der Waals surface area contributed by atoms with Crippen LogP contribution in [-0.4, -0.2) is 18.2 Å². The SMILES string of the molecule is CC(C)(C)OC(=O)NCC1CCc2cccc(N)c21. The molecule has 4 nitrogen and oxygen atoms in total. The monoisotopic (exact) mass is 262 g/mol.